The van der Waals surface area contributed by atoms with E-state index in [1.54, 1.807) is 0 Å². The lowest BCUT2D eigenvalue weighted by Crippen LogP contribution is -1.92. The van der Waals surface area contributed by atoms with Crippen molar-refractivity contribution in [2.75, 3.05) is 0 Å². The highest BCUT2D eigenvalue weighted by molar-refractivity contribution is 5.37. The van der Waals surface area contributed by atoms with Crippen molar-refractivity contribution in [3.05, 3.63) is 29.1 Å². The van der Waals surface area contributed by atoms with Crippen LogP contribution in [0.4, 0.5) is 0 Å². The van der Waals surface area contributed by atoms with Crippen LogP contribution >= 0.6 is 0 Å². The van der Waals surface area contributed by atoms with Crippen LogP contribution in [-0.4, -0.2) is 4.98 Å². The molecule has 0 fully saturated rings. The predicted molar refractivity (Wildman–Crippen MR) is 46.3 cm³/mol. The van der Waals surface area contributed by atoms with Gasteiger partial charge >= 0.3 is 0 Å². The molecule has 0 radical (unpaired) electrons. The Morgan fingerprint density at radius 3 is 2.91 bits per heavy atom. The summed E-state index contributed by atoms with van der Waals surface area (Å²) in [5.41, 5.74) is 3.06. The predicted octanol–water partition coefficient (Wildman–Crippen LogP) is 1.93. The van der Waals surface area contributed by atoms with Gasteiger partial charge in [0.2, 0.25) is 0 Å². The highest BCUT2D eigenvalue weighted by Gasteiger charge is 1.97. The van der Waals surface area contributed by atoms with Gasteiger partial charge in [0, 0.05) is 11.8 Å². The number of hydrogen-bond donors (Lipinski definition) is 0. The van der Waals surface area contributed by atoms with Crippen LogP contribution in [0.15, 0.2) is 12.3 Å². The van der Waals surface area contributed by atoms with Crippen molar-refractivity contribution in [2.45, 2.75) is 20.3 Å². The zero-order chi connectivity index (χ0) is 8.27. The topological polar surface area (TPSA) is 12.9 Å². The molecule has 0 atom stereocenters. The van der Waals surface area contributed by atoms with Gasteiger partial charge < -0.3 is 0 Å². The van der Waals surface area contributed by atoms with E-state index in [1.165, 1.54) is 0 Å². The average molecular weight is 145 g/mol. The lowest BCUT2D eigenvalue weighted by molar-refractivity contribution is 1.02. The van der Waals surface area contributed by atoms with E-state index in [-0.39, 0.29) is 0 Å². The quantitative estimate of drug-likeness (QED) is 0.550. The first-order valence-electron chi connectivity index (χ1n) is 3.70. The number of rotatable bonds is 1. The Hall–Kier alpha value is -1.29. The van der Waals surface area contributed by atoms with Crippen molar-refractivity contribution in [1.29, 1.82) is 0 Å². The molecule has 56 valence electrons. The molecule has 1 aromatic heterocycles. The van der Waals surface area contributed by atoms with E-state index >= 15 is 0 Å². The molecular formula is C10H11N. The van der Waals surface area contributed by atoms with E-state index in [0.717, 1.165) is 23.2 Å². The third-order valence-corrected chi connectivity index (χ3v) is 1.60. The van der Waals surface area contributed by atoms with Crippen molar-refractivity contribution < 1.29 is 0 Å². The fraction of sp³-hybridized carbons (Fsp3) is 0.300. The highest BCUT2D eigenvalue weighted by Crippen LogP contribution is 2.06. The van der Waals surface area contributed by atoms with E-state index in [9.17, 15) is 0 Å². The Kier molecular flexibility index (Phi) is 2.28. The minimum atomic E-state index is 0.903. The van der Waals surface area contributed by atoms with Crippen LogP contribution in [0, 0.1) is 19.3 Å². The fourth-order valence-corrected chi connectivity index (χ4v) is 1.00. The molecule has 1 nitrogen and oxygen atoms in total. The van der Waals surface area contributed by atoms with E-state index in [0.29, 0.717) is 0 Å². The summed E-state index contributed by atoms with van der Waals surface area (Å²) in [6.07, 6.45) is 8.05. The van der Waals surface area contributed by atoms with E-state index in [4.69, 9.17) is 6.42 Å². The SMILES string of the molecule is C#Cc1cc(C)cnc1CC. The standard InChI is InChI=1S/C10H11N/c1-4-9-6-8(3)7-11-10(9)5-2/h1,6-7H,5H2,2-3H3. The van der Waals surface area contributed by atoms with Gasteiger partial charge in [-0.2, -0.15) is 0 Å². The molecule has 0 aliphatic rings. The summed E-state index contributed by atoms with van der Waals surface area (Å²) in [6, 6.07) is 1.99. The highest BCUT2D eigenvalue weighted by atomic mass is 14.7. The van der Waals surface area contributed by atoms with Crippen LogP contribution in [0.1, 0.15) is 23.7 Å². The number of aromatic nitrogens is 1. The second-order valence-electron chi connectivity index (χ2n) is 2.50. The Balaban J connectivity index is 3.19. The maximum atomic E-state index is 5.31. The molecule has 1 heterocycles. The molecule has 0 saturated heterocycles. The van der Waals surface area contributed by atoms with Crippen LogP contribution in [0.2, 0.25) is 0 Å². The summed E-state index contributed by atoms with van der Waals surface area (Å²) in [5, 5.41) is 0. The molecule has 0 unspecified atom stereocenters. The number of pyridine rings is 1. The van der Waals surface area contributed by atoms with Crippen molar-refractivity contribution >= 4 is 0 Å². The zero-order valence-corrected chi connectivity index (χ0v) is 6.89. The first kappa shape index (κ1) is 7.81. The molecule has 0 spiro atoms. The summed E-state index contributed by atoms with van der Waals surface area (Å²) in [6.45, 7) is 4.05. The Morgan fingerprint density at radius 1 is 1.64 bits per heavy atom. The molecule has 0 aliphatic heterocycles. The van der Waals surface area contributed by atoms with Gasteiger partial charge in [0.05, 0.1) is 5.69 Å². The van der Waals surface area contributed by atoms with Gasteiger partial charge in [-0.05, 0) is 25.0 Å². The third-order valence-electron chi connectivity index (χ3n) is 1.60. The Bertz CT molecular complexity index is 294. The minimum absolute atomic E-state index is 0.903. The maximum Gasteiger partial charge on any atom is 0.0557 e. The van der Waals surface area contributed by atoms with Gasteiger partial charge in [-0.15, -0.1) is 6.42 Å². The van der Waals surface area contributed by atoms with Gasteiger partial charge in [-0.1, -0.05) is 12.8 Å². The molecule has 0 N–H and O–H groups in total. The van der Waals surface area contributed by atoms with Gasteiger partial charge in [-0.3, -0.25) is 4.98 Å². The lowest BCUT2D eigenvalue weighted by atomic mass is 10.1. The summed E-state index contributed by atoms with van der Waals surface area (Å²) in [5.74, 6) is 2.62. The monoisotopic (exact) mass is 145 g/mol. The summed E-state index contributed by atoms with van der Waals surface area (Å²) in [7, 11) is 0. The number of aryl methyl sites for hydroxylation is 2. The summed E-state index contributed by atoms with van der Waals surface area (Å²) >= 11 is 0. The molecular weight excluding hydrogens is 134 g/mol. The fourth-order valence-electron chi connectivity index (χ4n) is 1.00. The van der Waals surface area contributed by atoms with Crippen LogP contribution in [0.5, 0.6) is 0 Å². The normalized spacial score (nSPS) is 9.18. The summed E-state index contributed by atoms with van der Waals surface area (Å²) in [4.78, 5) is 4.23. The Labute approximate surface area is 67.5 Å². The molecule has 0 aliphatic carbocycles. The minimum Gasteiger partial charge on any atom is -0.260 e. The molecule has 0 amide bonds. The molecule has 0 bridgehead atoms. The first-order valence-corrected chi connectivity index (χ1v) is 3.70. The number of hydrogen-bond acceptors (Lipinski definition) is 1. The van der Waals surface area contributed by atoms with Crippen LogP contribution in [0.3, 0.4) is 0 Å². The van der Waals surface area contributed by atoms with E-state index in [2.05, 4.69) is 17.8 Å². The van der Waals surface area contributed by atoms with E-state index < -0.39 is 0 Å². The van der Waals surface area contributed by atoms with Gasteiger partial charge in [-0.25, -0.2) is 0 Å². The van der Waals surface area contributed by atoms with Crippen LogP contribution < -0.4 is 0 Å². The van der Waals surface area contributed by atoms with Gasteiger partial charge in [0.1, 0.15) is 0 Å². The van der Waals surface area contributed by atoms with Crippen molar-refractivity contribution in [2.24, 2.45) is 0 Å². The van der Waals surface area contributed by atoms with E-state index in [1.807, 2.05) is 19.2 Å². The second kappa shape index (κ2) is 3.21. The smallest absolute Gasteiger partial charge is 0.0557 e. The zero-order valence-electron chi connectivity index (χ0n) is 6.89. The molecule has 11 heavy (non-hydrogen) atoms. The van der Waals surface area contributed by atoms with Crippen LogP contribution in [-0.2, 0) is 6.42 Å². The first-order chi connectivity index (χ1) is 5.27. The second-order valence-corrected chi connectivity index (χ2v) is 2.50. The molecule has 1 aromatic rings. The molecule has 0 saturated carbocycles. The van der Waals surface area contributed by atoms with Gasteiger partial charge in [0.25, 0.3) is 0 Å². The molecule has 1 heteroatoms. The lowest BCUT2D eigenvalue weighted by Gasteiger charge is -2.00. The average Bonchev–Trinajstić information content (AvgIpc) is 2.04. The molecule has 0 aromatic carbocycles. The molecule has 1 rings (SSSR count). The third kappa shape index (κ3) is 1.59. The number of nitrogens with zero attached hydrogens (tertiary/aromatic N) is 1. The number of terminal acetylenes is 1. The Morgan fingerprint density at radius 2 is 2.36 bits per heavy atom. The van der Waals surface area contributed by atoms with Crippen molar-refractivity contribution in [3.63, 3.8) is 0 Å². The summed E-state index contributed by atoms with van der Waals surface area (Å²) < 4.78 is 0. The van der Waals surface area contributed by atoms with Crippen molar-refractivity contribution in [1.82, 2.24) is 4.98 Å². The van der Waals surface area contributed by atoms with Crippen molar-refractivity contribution in [3.8, 4) is 12.3 Å². The van der Waals surface area contributed by atoms with Crippen LogP contribution in [0.25, 0.3) is 0 Å². The van der Waals surface area contributed by atoms with Gasteiger partial charge in [0.15, 0.2) is 0 Å². The largest absolute Gasteiger partial charge is 0.260 e. The maximum absolute atomic E-state index is 5.31.